The van der Waals surface area contributed by atoms with Crippen LogP contribution in [0.15, 0.2) is 36.4 Å². The summed E-state index contributed by atoms with van der Waals surface area (Å²) in [5.74, 6) is -0.604. The third kappa shape index (κ3) is 10.6. The second-order valence-corrected chi connectivity index (χ2v) is 19.6. The van der Waals surface area contributed by atoms with Crippen LogP contribution in [0.1, 0.15) is 194 Å². The molecule has 2 aliphatic heterocycles. The van der Waals surface area contributed by atoms with E-state index < -0.39 is 11.9 Å². The van der Waals surface area contributed by atoms with E-state index in [0.29, 0.717) is 46.1 Å². The van der Waals surface area contributed by atoms with Crippen LogP contribution in [0, 0.1) is 31.6 Å². The molecule has 5 unspecified atom stereocenters. The SMILES string of the molecule is C=Cc1c(C)c2cc3nc(c4c5nc(cc6[nH]c(cc1[nH]2)c(C)c6CC)C(C)=C5C(=O)C4C(=O)OC)C(CCC(=O)OC/C=C(\C)CCCC(C)CCCC(C)CCCC(C)C)C3C. The highest BCUT2D eigenvalue weighted by molar-refractivity contribution is 6.38. The Morgan fingerprint density at radius 3 is 2.17 bits per heavy atom. The van der Waals surface area contributed by atoms with E-state index in [9.17, 15) is 14.4 Å². The first kappa shape index (κ1) is 48.4. The molecule has 6 rings (SSSR count). The number of nitrogens with one attached hydrogen (secondary N) is 2. The summed E-state index contributed by atoms with van der Waals surface area (Å²) in [6, 6.07) is 6.19. The largest absolute Gasteiger partial charge is 0.468 e. The molecular formula is C55H74N4O5. The topological polar surface area (TPSA) is 127 Å². The van der Waals surface area contributed by atoms with Gasteiger partial charge < -0.3 is 19.4 Å². The van der Waals surface area contributed by atoms with Gasteiger partial charge in [0.1, 0.15) is 12.5 Å². The summed E-state index contributed by atoms with van der Waals surface area (Å²) in [4.78, 5) is 59.0. The number of hydrogen-bond acceptors (Lipinski definition) is 7. The fourth-order valence-corrected chi connectivity index (χ4v) is 10.2. The zero-order valence-corrected chi connectivity index (χ0v) is 40.7. The summed E-state index contributed by atoms with van der Waals surface area (Å²) in [6.45, 7) is 26.2. The summed E-state index contributed by atoms with van der Waals surface area (Å²) >= 11 is 0. The van der Waals surface area contributed by atoms with Crippen LogP contribution >= 0.6 is 0 Å². The number of rotatable bonds is 20. The van der Waals surface area contributed by atoms with E-state index in [1.807, 2.05) is 25.1 Å². The van der Waals surface area contributed by atoms with Crippen molar-refractivity contribution in [1.29, 1.82) is 0 Å². The summed E-state index contributed by atoms with van der Waals surface area (Å²) in [5, 5.41) is 0. The summed E-state index contributed by atoms with van der Waals surface area (Å²) in [5.41, 5.74) is 13.4. The Hall–Kier alpha value is -5.05. The number of carbonyl (C=O) groups is 3. The number of methoxy groups -OCH3 is 1. The van der Waals surface area contributed by atoms with Crippen molar-refractivity contribution >= 4 is 57.0 Å². The number of hydrogen-bond donors (Lipinski definition) is 2. The Kier molecular flexibility index (Phi) is 16.1. The van der Waals surface area contributed by atoms with Crippen molar-refractivity contribution in [2.24, 2.45) is 17.8 Å². The number of aromatic nitrogens is 4. The molecule has 0 aromatic carbocycles. The van der Waals surface area contributed by atoms with Gasteiger partial charge in [-0.05, 0) is 118 Å². The lowest BCUT2D eigenvalue weighted by Gasteiger charge is -2.18. The van der Waals surface area contributed by atoms with Gasteiger partial charge in [-0.15, -0.1) is 0 Å². The second kappa shape index (κ2) is 21.3. The van der Waals surface area contributed by atoms with Gasteiger partial charge in [0.15, 0.2) is 5.78 Å². The number of H-pyrrole nitrogens is 2. The molecule has 5 atom stereocenters. The van der Waals surface area contributed by atoms with E-state index in [2.05, 4.69) is 91.0 Å². The van der Waals surface area contributed by atoms with Crippen LogP contribution in [-0.4, -0.2) is 51.4 Å². The number of Topliss-reactive ketones (excluding diaryl/α,β-unsaturated/α-hetero) is 1. The van der Waals surface area contributed by atoms with Crippen molar-refractivity contribution in [2.45, 2.75) is 164 Å². The molecule has 0 saturated carbocycles. The van der Waals surface area contributed by atoms with Crippen LogP contribution in [0.4, 0.5) is 0 Å². The normalized spacial score (nSPS) is 18.2. The van der Waals surface area contributed by atoms with Gasteiger partial charge in [-0.1, -0.05) is 105 Å². The average molecular weight is 871 g/mol. The molecule has 3 aromatic rings. The number of allylic oxidation sites excluding steroid dienone is 3. The number of ether oxygens (including phenoxy) is 2. The Labute approximate surface area is 382 Å². The maximum Gasteiger partial charge on any atom is 0.321 e. The minimum absolute atomic E-state index is 0.154. The molecule has 0 radical (unpaired) electrons. The molecular weight excluding hydrogens is 797 g/mol. The molecule has 3 aliphatic rings. The molecule has 0 amide bonds. The highest BCUT2D eigenvalue weighted by Gasteiger charge is 2.48. The van der Waals surface area contributed by atoms with Gasteiger partial charge in [0.05, 0.1) is 24.2 Å². The maximum absolute atomic E-state index is 14.4. The molecule has 0 spiro atoms. The van der Waals surface area contributed by atoms with Crippen molar-refractivity contribution in [1.82, 2.24) is 19.9 Å². The highest BCUT2D eigenvalue weighted by Crippen LogP contribution is 2.50. The second-order valence-electron chi connectivity index (χ2n) is 19.6. The Balaban J connectivity index is 1.24. The average Bonchev–Trinajstić information content (AvgIpc) is 3.99. The Bertz CT molecular complexity index is 2480. The molecule has 64 heavy (non-hydrogen) atoms. The van der Waals surface area contributed by atoms with Crippen LogP contribution in [0.5, 0.6) is 0 Å². The van der Waals surface area contributed by atoms with Gasteiger partial charge in [0.2, 0.25) is 0 Å². The van der Waals surface area contributed by atoms with Gasteiger partial charge in [-0.2, -0.15) is 0 Å². The zero-order chi connectivity index (χ0) is 46.4. The summed E-state index contributed by atoms with van der Waals surface area (Å²) < 4.78 is 11.1. The van der Waals surface area contributed by atoms with E-state index in [-0.39, 0.29) is 36.6 Å². The molecule has 9 heteroatoms. The summed E-state index contributed by atoms with van der Waals surface area (Å²) in [7, 11) is 1.30. The van der Waals surface area contributed by atoms with Crippen molar-refractivity contribution < 1.29 is 23.9 Å². The van der Waals surface area contributed by atoms with Gasteiger partial charge in [0.25, 0.3) is 0 Å². The van der Waals surface area contributed by atoms with Gasteiger partial charge in [-0.3, -0.25) is 19.4 Å². The van der Waals surface area contributed by atoms with Crippen LogP contribution in [0.2, 0.25) is 0 Å². The third-order valence-electron chi connectivity index (χ3n) is 14.4. The lowest BCUT2D eigenvalue weighted by Crippen LogP contribution is -2.21. The van der Waals surface area contributed by atoms with E-state index in [4.69, 9.17) is 19.4 Å². The lowest BCUT2D eigenvalue weighted by atomic mass is 9.84. The first-order chi connectivity index (χ1) is 30.6. The first-order valence-corrected chi connectivity index (χ1v) is 24.1. The first-order valence-electron chi connectivity index (χ1n) is 24.1. The molecule has 1 aliphatic carbocycles. The quantitative estimate of drug-likeness (QED) is 0.0657. The maximum atomic E-state index is 14.4. The molecule has 3 aromatic heterocycles. The van der Waals surface area contributed by atoms with E-state index >= 15 is 0 Å². The third-order valence-corrected chi connectivity index (χ3v) is 14.4. The molecule has 8 bridgehead atoms. The monoisotopic (exact) mass is 871 g/mol. The molecule has 5 heterocycles. The van der Waals surface area contributed by atoms with Crippen LogP contribution in [0.25, 0.3) is 39.3 Å². The molecule has 9 nitrogen and oxygen atoms in total. The Morgan fingerprint density at radius 2 is 1.52 bits per heavy atom. The fourth-order valence-electron chi connectivity index (χ4n) is 10.2. The van der Waals surface area contributed by atoms with Crippen molar-refractivity contribution in [3.05, 3.63) is 87.0 Å². The number of aromatic amines is 2. The number of esters is 2. The minimum Gasteiger partial charge on any atom is -0.468 e. The minimum atomic E-state index is -1.20. The van der Waals surface area contributed by atoms with Gasteiger partial charge >= 0.3 is 11.9 Å². The van der Waals surface area contributed by atoms with E-state index in [0.717, 1.165) is 81.1 Å². The fraction of sp³-hybridized carbons (Fsp3) is 0.545. The number of fused-ring (bicyclic) bond motifs is 8. The highest BCUT2D eigenvalue weighted by atomic mass is 16.5. The summed E-state index contributed by atoms with van der Waals surface area (Å²) in [6.07, 6.45) is 16.6. The van der Waals surface area contributed by atoms with Gasteiger partial charge in [0, 0.05) is 62.7 Å². The number of nitrogens with zero attached hydrogens (tertiary/aromatic N) is 2. The number of carbonyl (C=O) groups excluding carboxylic acids is 3. The molecule has 0 saturated heterocycles. The van der Waals surface area contributed by atoms with Crippen molar-refractivity contribution in [3.8, 4) is 0 Å². The molecule has 344 valence electrons. The van der Waals surface area contributed by atoms with Crippen LogP contribution < -0.4 is 0 Å². The zero-order valence-electron chi connectivity index (χ0n) is 40.7. The Morgan fingerprint density at radius 1 is 0.859 bits per heavy atom. The predicted molar refractivity (Wildman–Crippen MR) is 262 cm³/mol. The van der Waals surface area contributed by atoms with Crippen LogP contribution in [-0.2, 0) is 30.3 Å². The number of ketones is 1. The smallest absolute Gasteiger partial charge is 0.321 e. The predicted octanol–water partition coefficient (Wildman–Crippen LogP) is 13.5. The lowest BCUT2D eigenvalue weighted by molar-refractivity contribution is -0.145. The van der Waals surface area contributed by atoms with E-state index in [1.54, 1.807) is 0 Å². The molecule has 2 N–H and O–H groups in total. The van der Waals surface area contributed by atoms with Gasteiger partial charge in [-0.25, -0.2) is 4.98 Å². The van der Waals surface area contributed by atoms with Crippen LogP contribution in [0.3, 0.4) is 0 Å². The standard InChI is InChI=1S/C55H74N4O5/c1-13-39-35(8)42-28-44-37(10)41(24-25-48(60)64-27-26-34(7)23-17-22-33(6)21-16-20-32(5)19-15-18-31(3)4)52(58-44)50-51(55(62)63-12)54(61)49-38(11)45(59-53(49)50)30-47-40(14-2)36(9)43(57-47)29-46(39)56-42/h13,26,28-33,37,41,51,56-57H,1,14-25,27H2,2-12H3/b34-26+,42-28?,43-29?,44-28?,45-30?,46-29?,47-30?,52-50?. The van der Waals surface area contributed by atoms with E-state index in [1.165, 1.54) is 57.6 Å². The molecule has 0 fully saturated rings. The van der Waals surface area contributed by atoms with Crippen molar-refractivity contribution in [3.63, 3.8) is 0 Å². The van der Waals surface area contributed by atoms with Crippen molar-refractivity contribution in [2.75, 3.05) is 13.7 Å². The number of aryl methyl sites for hydroxylation is 3.